The standard InChI is InChI=1S/C13H20FNO/c1-13(2,3)15-9-4-10-16-12-7-5-11(14)6-8-12/h5-8,15H,4,9-10H2,1-3H3/p+1. The van der Waals surface area contributed by atoms with Gasteiger partial charge >= 0.3 is 0 Å². The predicted molar refractivity (Wildman–Crippen MR) is 63.1 cm³/mol. The van der Waals surface area contributed by atoms with Gasteiger partial charge in [-0.2, -0.15) is 0 Å². The molecule has 0 amide bonds. The van der Waals surface area contributed by atoms with Crippen LogP contribution in [0.5, 0.6) is 5.75 Å². The van der Waals surface area contributed by atoms with E-state index in [0.717, 1.165) is 18.7 Å². The summed E-state index contributed by atoms with van der Waals surface area (Å²) >= 11 is 0. The van der Waals surface area contributed by atoms with E-state index in [0.29, 0.717) is 6.61 Å². The van der Waals surface area contributed by atoms with E-state index >= 15 is 0 Å². The van der Waals surface area contributed by atoms with Crippen molar-refractivity contribution in [1.29, 1.82) is 0 Å². The third kappa shape index (κ3) is 5.71. The lowest BCUT2D eigenvalue weighted by molar-refractivity contribution is -0.717. The largest absolute Gasteiger partial charge is 0.493 e. The zero-order chi connectivity index (χ0) is 12.0. The maximum Gasteiger partial charge on any atom is 0.123 e. The Balaban J connectivity index is 2.14. The zero-order valence-electron chi connectivity index (χ0n) is 10.3. The minimum absolute atomic E-state index is 0.228. The van der Waals surface area contributed by atoms with Crippen LogP contribution in [0.3, 0.4) is 0 Å². The van der Waals surface area contributed by atoms with Crippen molar-refractivity contribution < 1.29 is 14.4 Å². The molecule has 2 nitrogen and oxygen atoms in total. The fourth-order valence-corrected chi connectivity index (χ4v) is 1.34. The van der Waals surface area contributed by atoms with E-state index in [1.807, 2.05) is 0 Å². The van der Waals surface area contributed by atoms with Crippen LogP contribution in [0.2, 0.25) is 0 Å². The van der Waals surface area contributed by atoms with Crippen molar-refractivity contribution in [3.05, 3.63) is 30.1 Å². The maximum absolute atomic E-state index is 12.6. The Bertz CT molecular complexity index is 303. The summed E-state index contributed by atoms with van der Waals surface area (Å²) in [5.74, 6) is 0.505. The molecule has 0 fully saturated rings. The molecular weight excluding hydrogens is 205 g/mol. The molecule has 90 valence electrons. The average Bonchev–Trinajstić information content (AvgIpc) is 2.19. The first-order valence-corrected chi connectivity index (χ1v) is 5.70. The Hall–Kier alpha value is -1.09. The molecule has 0 aromatic heterocycles. The van der Waals surface area contributed by atoms with Crippen molar-refractivity contribution in [1.82, 2.24) is 0 Å². The van der Waals surface area contributed by atoms with E-state index in [1.54, 1.807) is 12.1 Å². The summed E-state index contributed by atoms with van der Waals surface area (Å²) in [6, 6.07) is 6.14. The molecule has 0 unspecified atom stereocenters. The van der Waals surface area contributed by atoms with Crippen molar-refractivity contribution in [2.75, 3.05) is 13.2 Å². The number of nitrogens with two attached hydrogens (primary N) is 1. The van der Waals surface area contributed by atoms with Gasteiger partial charge < -0.3 is 10.1 Å². The Morgan fingerprint density at radius 3 is 2.38 bits per heavy atom. The Morgan fingerprint density at radius 2 is 1.81 bits per heavy atom. The van der Waals surface area contributed by atoms with Gasteiger partial charge in [0.1, 0.15) is 11.6 Å². The van der Waals surface area contributed by atoms with Gasteiger partial charge in [0.15, 0.2) is 0 Å². The van der Waals surface area contributed by atoms with Gasteiger partial charge in [0.2, 0.25) is 0 Å². The third-order valence-corrected chi connectivity index (χ3v) is 2.19. The van der Waals surface area contributed by atoms with Gasteiger partial charge in [0, 0.05) is 6.42 Å². The van der Waals surface area contributed by atoms with E-state index < -0.39 is 0 Å². The smallest absolute Gasteiger partial charge is 0.123 e. The number of ether oxygens (including phenoxy) is 1. The zero-order valence-corrected chi connectivity index (χ0v) is 10.3. The summed E-state index contributed by atoms with van der Waals surface area (Å²) in [4.78, 5) is 0. The Labute approximate surface area is 96.8 Å². The first-order chi connectivity index (χ1) is 7.47. The van der Waals surface area contributed by atoms with Gasteiger partial charge in [0.05, 0.1) is 18.7 Å². The molecular formula is C13H21FNO+. The molecule has 0 heterocycles. The van der Waals surface area contributed by atoms with Crippen molar-refractivity contribution >= 4 is 0 Å². The number of hydrogen-bond donors (Lipinski definition) is 1. The van der Waals surface area contributed by atoms with Crippen LogP contribution < -0.4 is 10.1 Å². The Morgan fingerprint density at radius 1 is 1.19 bits per heavy atom. The second-order valence-corrected chi connectivity index (χ2v) is 5.01. The minimum atomic E-state index is -0.228. The fourth-order valence-electron chi connectivity index (χ4n) is 1.34. The van der Waals surface area contributed by atoms with Crippen LogP contribution in [0.1, 0.15) is 27.2 Å². The van der Waals surface area contributed by atoms with Crippen LogP contribution in [-0.2, 0) is 0 Å². The van der Waals surface area contributed by atoms with E-state index in [-0.39, 0.29) is 11.4 Å². The highest BCUT2D eigenvalue weighted by molar-refractivity contribution is 5.21. The van der Waals surface area contributed by atoms with E-state index in [9.17, 15) is 4.39 Å². The molecule has 0 saturated carbocycles. The van der Waals surface area contributed by atoms with Crippen LogP contribution >= 0.6 is 0 Å². The summed E-state index contributed by atoms with van der Waals surface area (Å²) in [6.45, 7) is 8.29. The van der Waals surface area contributed by atoms with Gasteiger partial charge in [-0.05, 0) is 45.0 Å². The van der Waals surface area contributed by atoms with Crippen LogP contribution in [0, 0.1) is 5.82 Å². The van der Waals surface area contributed by atoms with E-state index in [2.05, 4.69) is 26.1 Å². The van der Waals surface area contributed by atoms with Gasteiger partial charge in [0.25, 0.3) is 0 Å². The van der Waals surface area contributed by atoms with Gasteiger partial charge in [-0.15, -0.1) is 0 Å². The van der Waals surface area contributed by atoms with Gasteiger partial charge in [-0.25, -0.2) is 4.39 Å². The van der Waals surface area contributed by atoms with E-state index in [4.69, 9.17) is 4.74 Å². The maximum atomic E-state index is 12.6. The molecule has 0 aliphatic heterocycles. The van der Waals surface area contributed by atoms with Crippen molar-refractivity contribution in [2.45, 2.75) is 32.7 Å². The number of hydrogen-bond acceptors (Lipinski definition) is 1. The summed E-state index contributed by atoms with van der Waals surface area (Å²) in [5.41, 5.74) is 0.274. The average molecular weight is 226 g/mol. The summed E-state index contributed by atoms with van der Waals surface area (Å²) in [7, 11) is 0. The second-order valence-electron chi connectivity index (χ2n) is 5.01. The highest BCUT2D eigenvalue weighted by atomic mass is 19.1. The highest BCUT2D eigenvalue weighted by Crippen LogP contribution is 2.10. The van der Waals surface area contributed by atoms with E-state index in [1.165, 1.54) is 12.1 Å². The topological polar surface area (TPSA) is 25.8 Å². The number of quaternary nitrogens is 1. The molecule has 0 atom stereocenters. The predicted octanol–water partition coefficient (Wildman–Crippen LogP) is 1.96. The minimum Gasteiger partial charge on any atom is -0.493 e. The molecule has 16 heavy (non-hydrogen) atoms. The lowest BCUT2D eigenvalue weighted by atomic mass is 10.1. The van der Waals surface area contributed by atoms with Crippen LogP contribution in [-0.4, -0.2) is 18.7 Å². The van der Waals surface area contributed by atoms with Crippen molar-refractivity contribution in [3.8, 4) is 5.75 Å². The molecule has 1 aromatic rings. The molecule has 1 rings (SSSR count). The lowest BCUT2D eigenvalue weighted by Crippen LogP contribution is -2.94. The molecule has 0 radical (unpaired) electrons. The molecule has 0 saturated heterocycles. The molecule has 2 N–H and O–H groups in total. The molecule has 0 aliphatic rings. The molecule has 0 bridgehead atoms. The summed E-state index contributed by atoms with van der Waals surface area (Å²) in [6.07, 6.45) is 0.995. The molecule has 0 aliphatic carbocycles. The summed E-state index contributed by atoms with van der Waals surface area (Å²) < 4.78 is 18.1. The lowest BCUT2D eigenvalue weighted by Gasteiger charge is -2.16. The third-order valence-electron chi connectivity index (χ3n) is 2.19. The van der Waals surface area contributed by atoms with Crippen LogP contribution in [0.15, 0.2) is 24.3 Å². The highest BCUT2D eigenvalue weighted by Gasteiger charge is 2.11. The molecule has 3 heteroatoms. The number of benzene rings is 1. The quantitative estimate of drug-likeness (QED) is 0.763. The molecule has 0 spiro atoms. The number of rotatable bonds is 5. The van der Waals surface area contributed by atoms with Gasteiger partial charge in [-0.1, -0.05) is 0 Å². The number of halogens is 1. The first-order valence-electron chi connectivity index (χ1n) is 5.70. The first kappa shape index (κ1) is 13.0. The molecule has 1 aromatic carbocycles. The van der Waals surface area contributed by atoms with Crippen LogP contribution in [0.25, 0.3) is 0 Å². The fraction of sp³-hybridized carbons (Fsp3) is 0.538. The normalized spacial score (nSPS) is 11.5. The van der Waals surface area contributed by atoms with Gasteiger partial charge in [-0.3, -0.25) is 0 Å². The second kappa shape index (κ2) is 5.85. The van der Waals surface area contributed by atoms with Crippen LogP contribution in [0.4, 0.5) is 4.39 Å². The van der Waals surface area contributed by atoms with Crippen molar-refractivity contribution in [2.24, 2.45) is 0 Å². The summed E-state index contributed by atoms with van der Waals surface area (Å²) in [5, 5.41) is 2.29. The SMILES string of the molecule is CC(C)(C)[NH2+]CCCOc1ccc(F)cc1. The van der Waals surface area contributed by atoms with Crippen molar-refractivity contribution in [3.63, 3.8) is 0 Å². The monoisotopic (exact) mass is 226 g/mol. The Kier molecular flexibility index (Phi) is 4.74.